The molecular weight excluding hydrogens is 306 g/mol. The lowest BCUT2D eigenvalue weighted by Crippen LogP contribution is -2.34. The summed E-state index contributed by atoms with van der Waals surface area (Å²) in [6, 6.07) is 7.09. The van der Waals surface area contributed by atoms with Crippen LogP contribution < -0.4 is 5.32 Å². The third kappa shape index (κ3) is 6.26. The molecule has 1 aromatic rings. The molecule has 7 heteroatoms. The summed E-state index contributed by atoms with van der Waals surface area (Å²) in [5.41, 5.74) is 0.438. The Morgan fingerprint density at radius 3 is 2.27 bits per heavy atom. The molecule has 1 atom stereocenters. The van der Waals surface area contributed by atoms with E-state index in [9.17, 15) is 23.1 Å². The Bertz CT molecular complexity index is 610. The molecule has 0 aliphatic carbocycles. The fourth-order valence-corrected chi connectivity index (χ4v) is 3.68. The number of carboxylic acid groups (broad SMARTS) is 1. The van der Waals surface area contributed by atoms with Crippen molar-refractivity contribution in [1.82, 2.24) is 5.32 Å². The van der Waals surface area contributed by atoms with Crippen LogP contribution >= 0.6 is 0 Å². The van der Waals surface area contributed by atoms with Gasteiger partial charge in [-0.2, -0.15) is 0 Å². The topological polar surface area (TPSA) is 101 Å². The molecule has 1 amide bonds. The van der Waals surface area contributed by atoms with Crippen molar-refractivity contribution >= 4 is 21.7 Å². The van der Waals surface area contributed by atoms with Crippen LogP contribution in [0.3, 0.4) is 0 Å². The molecule has 0 aliphatic heterocycles. The summed E-state index contributed by atoms with van der Waals surface area (Å²) in [6.45, 7) is 3.57. The number of aliphatic carboxylic acids is 1. The van der Waals surface area contributed by atoms with Crippen LogP contribution in [0.1, 0.15) is 31.9 Å². The normalized spacial score (nSPS) is 12.9. The van der Waals surface area contributed by atoms with E-state index in [1.54, 1.807) is 44.2 Å². The van der Waals surface area contributed by atoms with Crippen molar-refractivity contribution in [1.29, 1.82) is 0 Å². The third-order valence-corrected chi connectivity index (χ3v) is 4.91. The second-order valence-corrected chi connectivity index (χ2v) is 7.74. The first-order valence-corrected chi connectivity index (χ1v) is 8.81. The number of nitrogens with one attached hydrogen (secondary N) is 1. The van der Waals surface area contributed by atoms with E-state index < -0.39 is 27.8 Å². The van der Waals surface area contributed by atoms with Gasteiger partial charge >= 0.3 is 5.97 Å². The first-order valence-electron chi connectivity index (χ1n) is 6.99. The van der Waals surface area contributed by atoms with Crippen LogP contribution in [0.25, 0.3) is 0 Å². The molecule has 1 aromatic carbocycles. The minimum atomic E-state index is -3.30. The lowest BCUT2D eigenvalue weighted by Gasteiger charge is -2.15. The fourth-order valence-electron chi connectivity index (χ4n) is 2.01. The van der Waals surface area contributed by atoms with Gasteiger partial charge in [0.25, 0.3) is 0 Å². The van der Waals surface area contributed by atoms with E-state index in [0.29, 0.717) is 5.56 Å². The lowest BCUT2D eigenvalue weighted by atomic mass is 10.1. The quantitative estimate of drug-likeness (QED) is 0.751. The molecule has 0 fully saturated rings. The summed E-state index contributed by atoms with van der Waals surface area (Å²) in [4.78, 5) is 23.1. The number of hydrogen-bond donors (Lipinski definition) is 2. The molecular formula is C15H21NO5S. The Balaban J connectivity index is 2.64. The summed E-state index contributed by atoms with van der Waals surface area (Å²) in [7, 11) is -3.30. The standard InChI is InChI=1S/C15H21NO5S/c1-11(2)10-22(20,21)9-8-13(17)16-14(15(18)19)12-6-4-3-5-7-12/h3-7,11,14H,8-10H2,1-2H3,(H,16,17)(H,18,19)/t14-/m1/s1. The highest BCUT2D eigenvalue weighted by molar-refractivity contribution is 7.91. The molecule has 0 aliphatic rings. The Morgan fingerprint density at radius 1 is 1.18 bits per heavy atom. The Kier molecular flexibility index (Phi) is 6.55. The molecule has 6 nitrogen and oxygen atoms in total. The maximum atomic E-state index is 11.8. The lowest BCUT2D eigenvalue weighted by molar-refractivity contribution is -0.142. The van der Waals surface area contributed by atoms with Crippen LogP contribution in [-0.2, 0) is 19.4 Å². The number of sulfone groups is 1. The van der Waals surface area contributed by atoms with E-state index >= 15 is 0 Å². The average molecular weight is 327 g/mol. The molecule has 0 unspecified atom stereocenters. The van der Waals surface area contributed by atoms with Crippen LogP contribution in [0.2, 0.25) is 0 Å². The molecule has 0 saturated heterocycles. The Labute approximate surface area is 130 Å². The van der Waals surface area contributed by atoms with Crippen LogP contribution in [0, 0.1) is 5.92 Å². The molecule has 22 heavy (non-hydrogen) atoms. The zero-order valence-electron chi connectivity index (χ0n) is 12.7. The number of benzene rings is 1. The number of carboxylic acids is 1. The van der Waals surface area contributed by atoms with Crippen molar-refractivity contribution in [2.75, 3.05) is 11.5 Å². The van der Waals surface area contributed by atoms with Gasteiger partial charge in [0.2, 0.25) is 5.91 Å². The van der Waals surface area contributed by atoms with Crippen molar-refractivity contribution in [2.45, 2.75) is 26.3 Å². The van der Waals surface area contributed by atoms with Gasteiger partial charge in [-0.1, -0.05) is 44.2 Å². The number of carbonyl (C=O) groups excluding carboxylic acids is 1. The van der Waals surface area contributed by atoms with Crippen LogP contribution in [0.5, 0.6) is 0 Å². The highest BCUT2D eigenvalue weighted by Gasteiger charge is 2.23. The highest BCUT2D eigenvalue weighted by Crippen LogP contribution is 2.13. The SMILES string of the molecule is CC(C)CS(=O)(=O)CCC(=O)N[C@@H](C(=O)O)c1ccccc1. The molecule has 1 rings (SSSR count). The molecule has 122 valence electrons. The van der Waals surface area contributed by atoms with Crippen LogP contribution in [0.15, 0.2) is 30.3 Å². The van der Waals surface area contributed by atoms with Gasteiger partial charge in [0.05, 0.1) is 11.5 Å². The number of hydrogen-bond acceptors (Lipinski definition) is 4. The van der Waals surface area contributed by atoms with Gasteiger partial charge in [-0.05, 0) is 11.5 Å². The van der Waals surface area contributed by atoms with Gasteiger partial charge in [0.15, 0.2) is 15.9 Å². The van der Waals surface area contributed by atoms with Crippen molar-refractivity contribution in [3.63, 3.8) is 0 Å². The second kappa shape index (κ2) is 7.93. The Morgan fingerprint density at radius 2 is 1.77 bits per heavy atom. The van der Waals surface area contributed by atoms with Crippen molar-refractivity contribution < 1.29 is 23.1 Å². The number of carbonyl (C=O) groups is 2. The first kappa shape index (κ1) is 18.2. The zero-order chi connectivity index (χ0) is 16.8. The Hall–Kier alpha value is -1.89. The maximum absolute atomic E-state index is 11.8. The molecule has 0 radical (unpaired) electrons. The molecule has 0 heterocycles. The second-order valence-electron chi connectivity index (χ2n) is 5.51. The summed E-state index contributed by atoms with van der Waals surface area (Å²) >= 11 is 0. The van der Waals surface area contributed by atoms with Gasteiger partial charge in [0.1, 0.15) is 0 Å². The van der Waals surface area contributed by atoms with Gasteiger partial charge in [0, 0.05) is 6.42 Å². The van der Waals surface area contributed by atoms with Crippen molar-refractivity contribution in [2.24, 2.45) is 5.92 Å². The summed E-state index contributed by atoms with van der Waals surface area (Å²) in [5, 5.41) is 11.5. The number of rotatable bonds is 8. The maximum Gasteiger partial charge on any atom is 0.330 e. The molecule has 0 spiro atoms. The molecule has 0 aromatic heterocycles. The predicted molar refractivity (Wildman–Crippen MR) is 83.1 cm³/mol. The van der Waals surface area contributed by atoms with E-state index in [4.69, 9.17) is 0 Å². The molecule has 0 saturated carbocycles. The highest BCUT2D eigenvalue weighted by atomic mass is 32.2. The predicted octanol–water partition coefficient (Wildman–Crippen LogP) is 1.39. The monoisotopic (exact) mass is 327 g/mol. The van der Waals surface area contributed by atoms with E-state index in [1.807, 2.05) is 0 Å². The van der Waals surface area contributed by atoms with Gasteiger partial charge in [-0.15, -0.1) is 0 Å². The van der Waals surface area contributed by atoms with E-state index in [1.165, 1.54) is 0 Å². The molecule has 2 N–H and O–H groups in total. The summed E-state index contributed by atoms with van der Waals surface area (Å²) in [6.07, 6.45) is -0.244. The van der Waals surface area contributed by atoms with E-state index in [-0.39, 0.29) is 23.8 Å². The summed E-state index contributed by atoms with van der Waals surface area (Å²) in [5.74, 6) is -2.06. The van der Waals surface area contributed by atoms with E-state index in [0.717, 1.165) is 0 Å². The third-order valence-electron chi connectivity index (χ3n) is 2.91. The summed E-state index contributed by atoms with van der Waals surface area (Å²) < 4.78 is 23.5. The zero-order valence-corrected chi connectivity index (χ0v) is 13.5. The van der Waals surface area contributed by atoms with Crippen molar-refractivity contribution in [3.8, 4) is 0 Å². The largest absolute Gasteiger partial charge is 0.479 e. The minimum Gasteiger partial charge on any atom is -0.479 e. The smallest absolute Gasteiger partial charge is 0.330 e. The van der Waals surface area contributed by atoms with Gasteiger partial charge < -0.3 is 10.4 Å². The minimum absolute atomic E-state index is 0.0100. The van der Waals surface area contributed by atoms with Gasteiger partial charge in [-0.25, -0.2) is 13.2 Å². The first-order chi connectivity index (χ1) is 10.2. The number of amides is 1. The van der Waals surface area contributed by atoms with E-state index in [2.05, 4.69) is 5.32 Å². The average Bonchev–Trinajstić information content (AvgIpc) is 2.42. The van der Waals surface area contributed by atoms with Crippen LogP contribution in [0.4, 0.5) is 0 Å². The van der Waals surface area contributed by atoms with Crippen molar-refractivity contribution in [3.05, 3.63) is 35.9 Å². The van der Waals surface area contributed by atoms with Gasteiger partial charge in [-0.3, -0.25) is 4.79 Å². The van der Waals surface area contributed by atoms with Crippen LogP contribution in [-0.4, -0.2) is 36.9 Å². The molecule has 0 bridgehead atoms. The fraction of sp³-hybridized carbons (Fsp3) is 0.467.